The van der Waals surface area contributed by atoms with Crippen LogP contribution in [0.15, 0.2) is 48.5 Å². The SMILES string of the molecule is CN1CCCC1c1ccc(Oc2ccc(Cl)cc2)cc1. The zero-order chi connectivity index (χ0) is 13.9. The van der Waals surface area contributed by atoms with Gasteiger partial charge in [-0.15, -0.1) is 0 Å². The van der Waals surface area contributed by atoms with Gasteiger partial charge in [0.05, 0.1) is 0 Å². The summed E-state index contributed by atoms with van der Waals surface area (Å²) in [6.07, 6.45) is 2.53. The van der Waals surface area contributed by atoms with E-state index in [9.17, 15) is 0 Å². The molecular formula is C17H18ClNO. The summed E-state index contributed by atoms with van der Waals surface area (Å²) >= 11 is 5.86. The topological polar surface area (TPSA) is 12.5 Å². The lowest BCUT2D eigenvalue weighted by molar-refractivity contribution is 0.317. The number of benzene rings is 2. The third kappa shape index (κ3) is 2.97. The third-order valence-corrected chi connectivity index (χ3v) is 4.09. The highest BCUT2D eigenvalue weighted by atomic mass is 35.5. The highest BCUT2D eigenvalue weighted by molar-refractivity contribution is 6.30. The maximum absolute atomic E-state index is 5.86. The summed E-state index contributed by atoms with van der Waals surface area (Å²) in [6, 6.07) is 16.4. The van der Waals surface area contributed by atoms with Crippen molar-refractivity contribution in [1.82, 2.24) is 4.90 Å². The van der Waals surface area contributed by atoms with Crippen LogP contribution in [0.2, 0.25) is 5.02 Å². The average molecular weight is 288 g/mol. The predicted molar refractivity (Wildman–Crippen MR) is 82.6 cm³/mol. The number of nitrogens with zero attached hydrogens (tertiary/aromatic N) is 1. The van der Waals surface area contributed by atoms with Crippen molar-refractivity contribution in [3.05, 3.63) is 59.1 Å². The van der Waals surface area contributed by atoms with Gasteiger partial charge < -0.3 is 4.74 Å². The van der Waals surface area contributed by atoms with Crippen molar-refractivity contribution in [3.8, 4) is 11.5 Å². The van der Waals surface area contributed by atoms with E-state index in [1.807, 2.05) is 36.4 Å². The molecule has 0 bridgehead atoms. The summed E-state index contributed by atoms with van der Waals surface area (Å²) < 4.78 is 5.81. The molecular weight excluding hydrogens is 270 g/mol. The van der Waals surface area contributed by atoms with Gasteiger partial charge in [0.15, 0.2) is 0 Å². The van der Waals surface area contributed by atoms with Crippen LogP contribution in [0.5, 0.6) is 11.5 Å². The monoisotopic (exact) mass is 287 g/mol. The van der Waals surface area contributed by atoms with Crippen LogP contribution in [0.1, 0.15) is 24.4 Å². The Kier molecular flexibility index (Phi) is 3.95. The van der Waals surface area contributed by atoms with Crippen LogP contribution >= 0.6 is 11.6 Å². The van der Waals surface area contributed by atoms with E-state index < -0.39 is 0 Å². The standard InChI is InChI=1S/C17H18ClNO/c1-19-12-2-3-17(19)13-4-8-15(9-5-13)20-16-10-6-14(18)7-11-16/h4-11,17H,2-3,12H2,1H3. The van der Waals surface area contributed by atoms with Crippen LogP contribution in [0.3, 0.4) is 0 Å². The van der Waals surface area contributed by atoms with Gasteiger partial charge in [-0.2, -0.15) is 0 Å². The highest BCUT2D eigenvalue weighted by Crippen LogP contribution is 2.32. The molecule has 1 unspecified atom stereocenters. The van der Waals surface area contributed by atoms with Gasteiger partial charge in [0.1, 0.15) is 11.5 Å². The molecule has 1 saturated heterocycles. The second-order valence-corrected chi connectivity index (χ2v) is 5.70. The van der Waals surface area contributed by atoms with Crippen LogP contribution in [0, 0.1) is 0 Å². The fourth-order valence-electron chi connectivity index (χ4n) is 2.73. The van der Waals surface area contributed by atoms with Gasteiger partial charge in [-0.25, -0.2) is 0 Å². The van der Waals surface area contributed by atoms with Crippen LogP contribution in [0.25, 0.3) is 0 Å². The maximum atomic E-state index is 5.86. The summed E-state index contributed by atoms with van der Waals surface area (Å²) in [5.74, 6) is 1.66. The molecule has 1 fully saturated rings. The predicted octanol–water partition coefficient (Wildman–Crippen LogP) is 4.90. The van der Waals surface area contributed by atoms with E-state index in [0.29, 0.717) is 6.04 Å². The molecule has 1 aliphatic rings. The van der Waals surface area contributed by atoms with E-state index in [4.69, 9.17) is 16.3 Å². The summed E-state index contributed by atoms with van der Waals surface area (Å²) in [5.41, 5.74) is 1.37. The van der Waals surface area contributed by atoms with Crippen molar-refractivity contribution in [3.63, 3.8) is 0 Å². The van der Waals surface area contributed by atoms with E-state index in [1.54, 1.807) is 0 Å². The van der Waals surface area contributed by atoms with Crippen molar-refractivity contribution >= 4 is 11.6 Å². The third-order valence-electron chi connectivity index (χ3n) is 3.83. The molecule has 104 valence electrons. The van der Waals surface area contributed by atoms with Crippen molar-refractivity contribution < 1.29 is 4.74 Å². The number of ether oxygens (including phenoxy) is 1. The molecule has 0 spiro atoms. The Hall–Kier alpha value is -1.51. The normalized spacial score (nSPS) is 19.2. The fraction of sp³-hybridized carbons (Fsp3) is 0.294. The van der Waals surface area contributed by atoms with Crippen LogP contribution in [0.4, 0.5) is 0 Å². The quantitative estimate of drug-likeness (QED) is 0.796. The molecule has 20 heavy (non-hydrogen) atoms. The summed E-state index contributed by atoms with van der Waals surface area (Å²) in [7, 11) is 2.19. The molecule has 3 heteroatoms. The molecule has 0 aliphatic carbocycles. The largest absolute Gasteiger partial charge is 0.457 e. The van der Waals surface area contributed by atoms with Gasteiger partial charge in [0.25, 0.3) is 0 Å². The molecule has 1 heterocycles. The molecule has 0 N–H and O–H groups in total. The molecule has 0 saturated carbocycles. The molecule has 0 amide bonds. The minimum absolute atomic E-state index is 0.555. The lowest BCUT2D eigenvalue weighted by atomic mass is 10.0. The highest BCUT2D eigenvalue weighted by Gasteiger charge is 2.22. The Morgan fingerprint density at radius 3 is 2.15 bits per heavy atom. The van der Waals surface area contributed by atoms with Gasteiger partial charge in [-0.1, -0.05) is 23.7 Å². The number of hydrogen-bond acceptors (Lipinski definition) is 2. The van der Waals surface area contributed by atoms with Gasteiger partial charge in [0, 0.05) is 11.1 Å². The van der Waals surface area contributed by atoms with Crippen LogP contribution < -0.4 is 4.74 Å². The molecule has 1 atom stereocenters. The number of likely N-dealkylation sites (tertiary alicyclic amines) is 1. The number of halogens is 1. The van der Waals surface area contributed by atoms with Crippen LogP contribution in [-0.4, -0.2) is 18.5 Å². The number of hydrogen-bond donors (Lipinski definition) is 0. The van der Waals surface area contributed by atoms with Crippen molar-refractivity contribution in [2.24, 2.45) is 0 Å². The van der Waals surface area contributed by atoms with E-state index in [-0.39, 0.29) is 0 Å². The fourth-order valence-corrected chi connectivity index (χ4v) is 2.85. The van der Waals surface area contributed by atoms with E-state index in [1.165, 1.54) is 24.9 Å². The smallest absolute Gasteiger partial charge is 0.127 e. The van der Waals surface area contributed by atoms with Crippen molar-refractivity contribution in [2.45, 2.75) is 18.9 Å². The number of rotatable bonds is 3. The lowest BCUT2D eigenvalue weighted by Gasteiger charge is -2.19. The summed E-state index contributed by atoms with van der Waals surface area (Å²) in [5, 5.41) is 0.719. The van der Waals surface area contributed by atoms with Crippen molar-refractivity contribution in [1.29, 1.82) is 0 Å². The average Bonchev–Trinajstić information content (AvgIpc) is 2.89. The van der Waals surface area contributed by atoms with Gasteiger partial charge in [-0.05, 0) is 68.4 Å². The Morgan fingerprint density at radius 2 is 1.60 bits per heavy atom. The molecule has 1 aliphatic heterocycles. The molecule has 0 aromatic heterocycles. The zero-order valence-electron chi connectivity index (χ0n) is 11.6. The Balaban J connectivity index is 1.71. The first-order valence-corrected chi connectivity index (χ1v) is 7.34. The second kappa shape index (κ2) is 5.86. The Labute approximate surface area is 124 Å². The molecule has 3 rings (SSSR count). The van der Waals surface area contributed by atoms with Crippen molar-refractivity contribution in [2.75, 3.05) is 13.6 Å². The Bertz CT molecular complexity index is 565. The molecule has 2 aromatic rings. The van der Waals surface area contributed by atoms with E-state index in [2.05, 4.69) is 24.1 Å². The zero-order valence-corrected chi connectivity index (χ0v) is 12.3. The molecule has 2 nitrogen and oxygen atoms in total. The first kappa shape index (κ1) is 13.5. The first-order chi connectivity index (χ1) is 9.72. The lowest BCUT2D eigenvalue weighted by Crippen LogP contribution is -2.17. The van der Waals surface area contributed by atoms with Gasteiger partial charge >= 0.3 is 0 Å². The molecule has 2 aromatic carbocycles. The molecule has 0 radical (unpaired) electrons. The summed E-state index contributed by atoms with van der Waals surface area (Å²) in [4.78, 5) is 2.41. The minimum atomic E-state index is 0.555. The van der Waals surface area contributed by atoms with Crippen LogP contribution in [-0.2, 0) is 0 Å². The Morgan fingerprint density at radius 1 is 1.00 bits per heavy atom. The maximum Gasteiger partial charge on any atom is 0.127 e. The minimum Gasteiger partial charge on any atom is -0.457 e. The van der Waals surface area contributed by atoms with E-state index >= 15 is 0 Å². The van der Waals surface area contributed by atoms with E-state index in [0.717, 1.165) is 16.5 Å². The van der Waals surface area contributed by atoms with Gasteiger partial charge in [0.2, 0.25) is 0 Å². The first-order valence-electron chi connectivity index (χ1n) is 6.96. The van der Waals surface area contributed by atoms with Gasteiger partial charge in [-0.3, -0.25) is 4.90 Å². The second-order valence-electron chi connectivity index (χ2n) is 5.26. The summed E-state index contributed by atoms with van der Waals surface area (Å²) in [6.45, 7) is 1.19.